The lowest BCUT2D eigenvalue weighted by atomic mass is 10.0. The number of carboxylic acids is 1. The van der Waals surface area contributed by atoms with Crippen molar-refractivity contribution in [3.05, 3.63) is 54.2 Å². The molecule has 2 aromatic carbocycles. The van der Waals surface area contributed by atoms with E-state index in [1.807, 2.05) is 24.3 Å². The van der Waals surface area contributed by atoms with Crippen molar-refractivity contribution in [1.82, 2.24) is 4.57 Å². The highest BCUT2D eigenvalue weighted by Gasteiger charge is 2.13. The largest absolute Gasteiger partial charge is 0.482 e. The molecular weight excluding hydrogens is 278 g/mol. The van der Waals surface area contributed by atoms with E-state index in [4.69, 9.17) is 9.84 Å². The van der Waals surface area contributed by atoms with Crippen LogP contribution in [0.4, 0.5) is 0 Å². The zero-order valence-corrected chi connectivity index (χ0v) is 12.5. The summed E-state index contributed by atoms with van der Waals surface area (Å²) in [4.78, 5) is 10.5. The van der Waals surface area contributed by atoms with Gasteiger partial charge in [-0.1, -0.05) is 30.3 Å². The maximum Gasteiger partial charge on any atom is 0.341 e. The van der Waals surface area contributed by atoms with Crippen LogP contribution in [0.3, 0.4) is 0 Å². The van der Waals surface area contributed by atoms with Crippen molar-refractivity contribution >= 4 is 16.9 Å². The summed E-state index contributed by atoms with van der Waals surface area (Å²) in [6.45, 7) is 1.77. The second-order valence-corrected chi connectivity index (χ2v) is 5.24. The predicted molar refractivity (Wildman–Crippen MR) is 86.2 cm³/mol. The van der Waals surface area contributed by atoms with E-state index in [-0.39, 0.29) is 6.61 Å². The molecule has 0 aliphatic rings. The Bertz CT molecular complexity index is 831. The third-order valence-corrected chi connectivity index (χ3v) is 3.90. The molecule has 0 amide bonds. The summed E-state index contributed by atoms with van der Waals surface area (Å²) >= 11 is 0. The number of hydrogen-bond acceptors (Lipinski definition) is 2. The Kier molecular flexibility index (Phi) is 3.59. The quantitative estimate of drug-likeness (QED) is 0.800. The summed E-state index contributed by atoms with van der Waals surface area (Å²) in [5, 5.41) is 9.85. The lowest BCUT2D eigenvalue weighted by Crippen LogP contribution is -2.09. The molecule has 1 N–H and O–H groups in total. The molecule has 3 aromatic rings. The van der Waals surface area contributed by atoms with Gasteiger partial charge in [0.1, 0.15) is 5.75 Å². The van der Waals surface area contributed by atoms with E-state index in [1.165, 1.54) is 22.2 Å². The van der Waals surface area contributed by atoms with E-state index in [2.05, 4.69) is 30.7 Å². The number of benzene rings is 2. The first kappa shape index (κ1) is 14.2. The van der Waals surface area contributed by atoms with Gasteiger partial charge >= 0.3 is 5.97 Å². The van der Waals surface area contributed by atoms with Crippen molar-refractivity contribution in [3.8, 4) is 16.9 Å². The third-order valence-electron chi connectivity index (χ3n) is 3.90. The van der Waals surface area contributed by atoms with Gasteiger partial charge in [0.15, 0.2) is 6.61 Å². The smallest absolute Gasteiger partial charge is 0.341 e. The second-order valence-electron chi connectivity index (χ2n) is 5.24. The van der Waals surface area contributed by atoms with Gasteiger partial charge in [0.05, 0.1) is 0 Å². The zero-order valence-electron chi connectivity index (χ0n) is 12.5. The number of ether oxygens (including phenoxy) is 1. The van der Waals surface area contributed by atoms with Crippen LogP contribution >= 0.6 is 0 Å². The number of nitrogens with zero attached hydrogens (tertiary/aromatic N) is 1. The molecule has 0 aliphatic carbocycles. The fraction of sp³-hybridized carbons (Fsp3) is 0.167. The molecule has 1 heterocycles. The van der Waals surface area contributed by atoms with Crippen molar-refractivity contribution in [1.29, 1.82) is 0 Å². The first-order chi connectivity index (χ1) is 10.6. The van der Waals surface area contributed by atoms with Gasteiger partial charge in [-0.3, -0.25) is 0 Å². The molecule has 3 rings (SSSR count). The summed E-state index contributed by atoms with van der Waals surface area (Å²) in [6, 6.07) is 15.8. The molecule has 22 heavy (non-hydrogen) atoms. The number of carbonyl (C=O) groups is 1. The van der Waals surface area contributed by atoms with Crippen LogP contribution in [-0.4, -0.2) is 22.2 Å². The number of hydrogen-bond donors (Lipinski definition) is 1. The van der Waals surface area contributed by atoms with Crippen LogP contribution in [0.5, 0.6) is 5.75 Å². The van der Waals surface area contributed by atoms with Crippen LogP contribution in [0, 0.1) is 6.92 Å². The van der Waals surface area contributed by atoms with E-state index in [0.29, 0.717) is 5.75 Å². The molecular formula is C18H17NO3. The summed E-state index contributed by atoms with van der Waals surface area (Å²) < 4.78 is 7.36. The lowest BCUT2D eigenvalue weighted by Gasteiger charge is -2.06. The molecule has 0 atom stereocenters. The average molecular weight is 295 g/mol. The fourth-order valence-electron chi connectivity index (χ4n) is 2.75. The average Bonchev–Trinajstić information content (AvgIpc) is 2.78. The Morgan fingerprint density at radius 3 is 2.50 bits per heavy atom. The van der Waals surface area contributed by atoms with Gasteiger partial charge in [-0.15, -0.1) is 0 Å². The van der Waals surface area contributed by atoms with Crippen molar-refractivity contribution in [2.45, 2.75) is 6.92 Å². The maximum absolute atomic E-state index is 10.5. The van der Waals surface area contributed by atoms with Gasteiger partial charge in [0, 0.05) is 29.2 Å². The number of aryl methyl sites for hydroxylation is 1. The van der Waals surface area contributed by atoms with Gasteiger partial charge in [-0.2, -0.15) is 0 Å². The predicted octanol–water partition coefficient (Wildman–Crippen LogP) is 3.62. The molecule has 0 bridgehead atoms. The molecule has 112 valence electrons. The minimum Gasteiger partial charge on any atom is -0.482 e. The molecule has 0 saturated heterocycles. The van der Waals surface area contributed by atoms with Crippen molar-refractivity contribution < 1.29 is 14.6 Å². The molecule has 0 radical (unpaired) electrons. The van der Waals surface area contributed by atoms with Crippen molar-refractivity contribution in [2.24, 2.45) is 7.05 Å². The summed E-state index contributed by atoms with van der Waals surface area (Å²) in [5.74, 6) is -0.419. The van der Waals surface area contributed by atoms with E-state index in [0.717, 1.165) is 5.56 Å². The van der Waals surface area contributed by atoms with Crippen LogP contribution in [0.25, 0.3) is 22.0 Å². The zero-order chi connectivity index (χ0) is 15.7. The highest BCUT2D eigenvalue weighted by atomic mass is 16.5. The molecule has 0 aliphatic heterocycles. The number of aliphatic carboxylic acids is 1. The van der Waals surface area contributed by atoms with E-state index in [9.17, 15) is 4.79 Å². The van der Waals surface area contributed by atoms with E-state index in [1.54, 1.807) is 12.1 Å². The number of aromatic nitrogens is 1. The van der Waals surface area contributed by atoms with Crippen LogP contribution in [-0.2, 0) is 11.8 Å². The number of fused-ring (bicyclic) bond motifs is 1. The number of carboxylic acid groups (broad SMARTS) is 1. The van der Waals surface area contributed by atoms with Crippen LogP contribution in [0.2, 0.25) is 0 Å². The molecule has 0 fully saturated rings. The van der Waals surface area contributed by atoms with Gasteiger partial charge in [-0.05, 0) is 30.7 Å². The van der Waals surface area contributed by atoms with Crippen molar-refractivity contribution in [3.63, 3.8) is 0 Å². The second kappa shape index (κ2) is 5.56. The van der Waals surface area contributed by atoms with E-state index >= 15 is 0 Å². The van der Waals surface area contributed by atoms with Gasteiger partial charge in [0.2, 0.25) is 0 Å². The molecule has 0 spiro atoms. The molecule has 4 nitrogen and oxygen atoms in total. The Labute approximate surface area is 128 Å². The monoisotopic (exact) mass is 295 g/mol. The molecule has 1 aromatic heterocycles. The first-order valence-electron chi connectivity index (χ1n) is 7.07. The number of para-hydroxylation sites is 1. The SMILES string of the molecule is Cc1c(-c2ccc(OCC(=O)O)cc2)c2ccccc2n1C. The van der Waals surface area contributed by atoms with Gasteiger partial charge < -0.3 is 14.4 Å². The van der Waals surface area contributed by atoms with Crippen molar-refractivity contribution in [2.75, 3.05) is 6.61 Å². The minimum atomic E-state index is -0.978. The summed E-state index contributed by atoms with van der Waals surface area (Å²) in [7, 11) is 2.06. The Balaban J connectivity index is 2.01. The Morgan fingerprint density at radius 1 is 1.14 bits per heavy atom. The molecule has 4 heteroatoms. The number of rotatable bonds is 4. The van der Waals surface area contributed by atoms with Crippen LogP contribution < -0.4 is 4.74 Å². The minimum absolute atomic E-state index is 0.327. The Morgan fingerprint density at radius 2 is 1.82 bits per heavy atom. The first-order valence-corrected chi connectivity index (χ1v) is 7.07. The van der Waals surface area contributed by atoms with Gasteiger partial charge in [0.25, 0.3) is 0 Å². The summed E-state index contributed by atoms with van der Waals surface area (Å²) in [6.07, 6.45) is 0. The van der Waals surface area contributed by atoms with Crippen LogP contribution in [0.15, 0.2) is 48.5 Å². The lowest BCUT2D eigenvalue weighted by molar-refractivity contribution is -0.139. The molecule has 0 saturated carbocycles. The Hall–Kier alpha value is -2.75. The third kappa shape index (κ3) is 2.44. The normalized spacial score (nSPS) is 10.8. The highest BCUT2D eigenvalue weighted by molar-refractivity contribution is 5.98. The topological polar surface area (TPSA) is 51.5 Å². The summed E-state index contributed by atoms with van der Waals surface area (Å²) in [5.41, 5.74) is 4.68. The fourth-order valence-corrected chi connectivity index (χ4v) is 2.75. The maximum atomic E-state index is 10.5. The van der Waals surface area contributed by atoms with E-state index < -0.39 is 5.97 Å². The highest BCUT2D eigenvalue weighted by Crippen LogP contribution is 2.34. The molecule has 0 unspecified atom stereocenters. The standard InChI is InChI=1S/C18H17NO3/c1-12-18(15-5-3-4-6-16(15)19(12)2)13-7-9-14(10-8-13)22-11-17(20)21/h3-10H,11H2,1-2H3,(H,20,21). The van der Waals surface area contributed by atoms with Gasteiger partial charge in [-0.25, -0.2) is 4.79 Å². The van der Waals surface area contributed by atoms with Crippen LogP contribution in [0.1, 0.15) is 5.69 Å².